The Kier molecular flexibility index (Phi) is 9.63. The number of aliphatic imine (C=N–C) groups is 1. The molecule has 0 saturated carbocycles. The molecule has 0 aliphatic carbocycles. The van der Waals surface area contributed by atoms with Gasteiger partial charge < -0.3 is 10.2 Å². The SMILES string of the molecule is C=CCSCCNC(=NC)N1CCC(c2ccccc2)C1.I. The predicted molar refractivity (Wildman–Crippen MR) is 110 cm³/mol. The number of nitrogens with one attached hydrogen (secondary N) is 1. The summed E-state index contributed by atoms with van der Waals surface area (Å²) in [4.78, 5) is 6.79. The van der Waals surface area contributed by atoms with E-state index in [2.05, 4.69) is 52.1 Å². The molecule has 1 aliphatic rings. The van der Waals surface area contributed by atoms with Gasteiger partial charge in [-0.1, -0.05) is 36.4 Å². The third kappa shape index (κ3) is 5.83. The zero-order valence-corrected chi connectivity index (χ0v) is 16.3. The molecule has 0 amide bonds. The molecular weight excluding hydrogens is 405 g/mol. The molecule has 0 aromatic heterocycles. The third-order valence-corrected chi connectivity index (χ3v) is 4.70. The van der Waals surface area contributed by atoms with Crippen LogP contribution in [-0.4, -0.2) is 49.0 Å². The van der Waals surface area contributed by atoms with Gasteiger partial charge in [-0.05, 0) is 12.0 Å². The number of halogens is 1. The van der Waals surface area contributed by atoms with Gasteiger partial charge in [-0.25, -0.2) is 0 Å². The first-order valence-corrected chi connectivity index (χ1v) is 8.69. The number of rotatable bonds is 6. The molecule has 1 aliphatic heterocycles. The highest BCUT2D eigenvalue weighted by Gasteiger charge is 2.25. The Bertz CT molecular complexity index is 464. The van der Waals surface area contributed by atoms with Crippen molar-refractivity contribution < 1.29 is 0 Å². The van der Waals surface area contributed by atoms with E-state index in [4.69, 9.17) is 0 Å². The van der Waals surface area contributed by atoms with Crippen LogP contribution in [-0.2, 0) is 0 Å². The molecule has 0 bridgehead atoms. The molecule has 3 nitrogen and oxygen atoms in total. The fourth-order valence-corrected chi connectivity index (χ4v) is 3.26. The fourth-order valence-electron chi connectivity index (χ4n) is 2.68. The Hall–Kier alpha value is -0.690. The van der Waals surface area contributed by atoms with Crippen LogP contribution in [0.1, 0.15) is 17.9 Å². The first kappa shape index (κ1) is 19.4. The van der Waals surface area contributed by atoms with E-state index in [1.54, 1.807) is 0 Å². The summed E-state index contributed by atoms with van der Waals surface area (Å²) in [6.07, 6.45) is 3.15. The molecular formula is C17H26IN3S. The molecule has 1 aromatic carbocycles. The van der Waals surface area contributed by atoms with E-state index in [1.165, 1.54) is 12.0 Å². The minimum atomic E-state index is 0. The first-order chi connectivity index (χ1) is 10.3. The number of hydrogen-bond donors (Lipinski definition) is 1. The van der Waals surface area contributed by atoms with Crippen molar-refractivity contribution in [3.8, 4) is 0 Å². The van der Waals surface area contributed by atoms with Gasteiger partial charge in [-0.2, -0.15) is 11.8 Å². The molecule has 1 heterocycles. The summed E-state index contributed by atoms with van der Waals surface area (Å²) >= 11 is 1.89. The fraction of sp³-hybridized carbons (Fsp3) is 0.471. The lowest BCUT2D eigenvalue weighted by Gasteiger charge is -2.21. The van der Waals surface area contributed by atoms with Gasteiger partial charge >= 0.3 is 0 Å². The van der Waals surface area contributed by atoms with Crippen LogP contribution in [0.25, 0.3) is 0 Å². The second kappa shape index (κ2) is 10.9. The topological polar surface area (TPSA) is 27.6 Å². The number of thioether (sulfide) groups is 1. The van der Waals surface area contributed by atoms with Gasteiger partial charge in [-0.3, -0.25) is 4.99 Å². The summed E-state index contributed by atoms with van der Waals surface area (Å²) in [6.45, 7) is 6.83. The summed E-state index contributed by atoms with van der Waals surface area (Å²) in [5.41, 5.74) is 1.44. The second-order valence-corrected chi connectivity index (χ2v) is 6.33. The summed E-state index contributed by atoms with van der Waals surface area (Å²) < 4.78 is 0. The smallest absolute Gasteiger partial charge is 0.193 e. The highest BCUT2D eigenvalue weighted by atomic mass is 127. The Balaban J connectivity index is 0.00000242. The Morgan fingerprint density at radius 1 is 1.45 bits per heavy atom. The average Bonchev–Trinajstić information content (AvgIpc) is 3.01. The lowest BCUT2D eigenvalue weighted by atomic mass is 9.99. The molecule has 2 rings (SSSR count). The molecule has 22 heavy (non-hydrogen) atoms. The van der Waals surface area contributed by atoms with E-state index in [1.807, 2.05) is 24.9 Å². The van der Waals surface area contributed by atoms with E-state index in [9.17, 15) is 0 Å². The van der Waals surface area contributed by atoms with E-state index in [0.717, 1.165) is 37.1 Å². The molecule has 0 radical (unpaired) electrons. The standard InChI is InChI=1S/C17H25N3S.HI/c1-3-12-21-13-10-19-17(18-2)20-11-9-16(14-20)15-7-5-4-6-8-15;/h3-8,16H,1,9-14H2,2H3,(H,18,19);1H. The van der Waals surface area contributed by atoms with Crippen molar-refractivity contribution in [1.29, 1.82) is 0 Å². The van der Waals surface area contributed by atoms with Crippen molar-refractivity contribution >= 4 is 41.7 Å². The van der Waals surface area contributed by atoms with E-state index < -0.39 is 0 Å². The molecule has 1 aromatic rings. The van der Waals surface area contributed by atoms with Crippen molar-refractivity contribution in [2.24, 2.45) is 4.99 Å². The van der Waals surface area contributed by atoms with Gasteiger partial charge in [0.15, 0.2) is 5.96 Å². The zero-order chi connectivity index (χ0) is 14.9. The maximum Gasteiger partial charge on any atom is 0.193 e. The quantitative estimate of drug-likeness (QED) is 0.245. The number of likely N-dealkylation sites (tertiary alicyclic amines) is 1. The van der Waals surface area contributed by atoms with Crippen molar-refractivity contribution in [2.45, 2.75) is 12.3 Å². The Morgan fingerprint density at radius 2 is 2.23 bits per heavy atom. The molecule has 5 heteroatoms. The maximum absolute atomic E-state index is 4.42. The molecule has 0 spiro atoms. The Morgan fingerprint density at radius 3 is 2.91 bits per heavy atom. The number of benzene rings is 1. The predicted octanol–water partition coefficient (Wildman–Crippen LogP) is 3.59. The van der Waals surface area contributed by atoms with Crippen LogP contribution in [0.3, 0.4) is 0 Å². The van der Waals surface area contributed by atoms with Gasteiger partial charge in [-0.15, -0.1) is 30.6 Å². The lowest BCUT2D eigenvalue weighted by Crippen LogP contribution is -2.40. The molecule has 1 saturated heterocycles. The van der Waals surface area contributed by atoms with E-state index in [-0.39, 0.29) is 24.0 Å². The second-order valence-electron chi connectivity index (χ2n) is 5.18. The molecule has 122 valence electrons. The van der Waals surface area contributed by atoms with Gasteiger partial charge in [0.25, 0.3) is 0 Å². The van der Waals surface area contributed by atoms with Crippen molar-refractivity contribution in [3.63, 3.8) is 0 Å². The minimum absolute atomic E-state index is 0. The third-order valence-electron chi connectivity index (χ3n) is 3.74. The summed E-state index contributed by atoms with van der Waals surface area (Å²) in [5.74, 6) is 3.76. The molecule has 1 fully saturated rings. The summed E-state index contributed by atoms with van der Waals surface area (Å²) in [7, 11) is 1.87. The van der Waals surface area contributed by atoms with Crippen LogP contribution in [0.2, 0.25) is 0 Å². The van der Waals surface area contributed by atoms with Crippen molar-refractivity contribution in [2.75, 3.05) is 38.2 Å². The summed E-state index contributed by atoms with van der Waals surface area (Å²) in [6, 6.07) is 10.8. The summed E-state index contributed by atoms with van der Waals surface area (Å²) in [5, 5.41) is 3.46. The van der Waals surface area contributed by atoms with Gasteiger partial charge in [0.1, 0.15) is 0 Å². The highest BCUT2D eigenvalue weighted by molar-refractivity contribution is 14.0. The largest absolute Gasteiger partial charge is 0.355 e. The average molecular weight is 431 g/mol. The molecule has 1 unspecified atom stereocenters. The highest BCUT2D eigenvalue weighted by Crippen LogP contribution is 2.26. The van der Waals surface area contributed by atoms with Gasteiger partial charge in [0.2, 0.25) is 0 Å². The lowest BCUT2D eigenvalue weighted by molar-refractivity contribution is 0.488. The van der Waals surface area contributed by atoms with Crippen LogP contribution in [0.4, 0.5) is 0 Å². The first-order valence-electron chi connectivity index (χ1n) is 7.54. The minimum Gasteiger partial charge on any atom is -0.355 e. The van der Waals surface area contributed by atoms with Crippen LogP contribution in [0, 0.1) is 0 Å². The van der Waals surface area contributed by atoms with Crippen molar-refractivity contribution in [1.82, 2.24) is 10.2 Å². The van der Waals surface area contributed by atoms with Crippen LogP contribution >= 0.6 is 35.7 Å². The maximum atomic E-state index is 4.42. The molecule has 1 N–H and O–H groups in total. The molecule has 1 atom stereocenters. The van der Waals surface area contributed by atoms with E-state index in [0.29, 0.717) is 5.92 Å². The number of nitrogens with zero attached hydrogens (tertiary/aromatic N) is 2. The van der Waals surface area contributed by atoms with Crippen LogP contribution in [0.15, 0.2) is 48.0 Å². The van der Waals surface area contributed by atoms with Crippen LogP contribution in [0.5, 0.6) is 0 Å². The zero-order valence-electron chi connectivity index (χ0n) is 13.2. The van der Waals surface area contributed by atoms with Gasteiger partial charge in [0, 0.05) is 44.1 Å². The van der Waals surface area contributed by atoms with E-state index >= 15 is 0 Å². The number of guanidine groups is 1. The van der Waals surface area contributed by atoms with Crippen molar-refractivity contribution in [3.05, 3.63) is 48.6 Å². The van der Waals surface area contributed by atoms with Gasteiger partial charge in [0.05, 0.1) is 0 Å². The monoisotopic (exact) mass is 431 g/mol. The van der Waals surface area contributed by atoms with Crippen LogP contribution < -0.4 is 5.32 Å². The Labute approximate surface area is 155 Å². The normalized spacial score (nSPS) is 18.0. The number of hydrogen-bond acceptors (Lipinski definition) is 2.